The highest BCUT2D eigenvalue weighted by Gasteiger charge is 2.43. The number of nitrogens with zero attached hydrogens (tertiary/aromatic N) is 1. The number of hydrogen-bond acceptors (Lipinski definition) is 6. The van der Waals surface area contributed by atoms with Gasteiger partial charge in [-0.25, -0.2) is 9.59 Å². The first-order chi connectivity index (χ1) is 14.3. The zero-order chi connectivity index (χ0) is 21.8. The zero-order valence-corrected chi connectivity index (χ0v) is 17.1. The molecule has 0 saturated carbocycles. The summed E-state index contributed by atoms with van der Waals surface area (Å²) >= 11 is 0. The third kappa shape index (κ3) is 4.25. The molecule has 0 fully saturated rings. The Hall–Kier alpha value is -3.48. The van der Waals surface area contributed by atoms with E-state index in [1.165, 1.54) is 7.11 Å². The van der Waals surface area contributed by atoms with Crippen LogP contribution in [0.1, 0.15) is 56.9 Å². The number of carbonyl (C=O) groups excluding carboxylic acids is 4. The van der Waals surface area contributed by atoms with E-state index in [0.717, 1.165) is 4.90 Å². The van der Waals surface area contributed by atoms with Gasteiger partial charge in [0.05, 0.1) is 23.8 Å². The van der Waals surface area contributed by atoms with E-state index in [2.05, 4.69) is 0 Å². The molecule has 1 heterocycles. The molecule has 2 amide bonds. The van der Waals surface area contributed by atoms with Crippen molar-refractivity contribution in [3.63, 3.8) is 0 Å². The summed E-state index contributed by atoms with van der Waals surface area (Å²) in [4.78, 5) is 51.2. The predicted molar refractivity (Wildman–Crippen MR) is 108 cm³/mol. The summed E-state index contributed by atoms with van der Waals surface area (Å²) in [5.74, 6) is -2.10. The number of benzene rings is 2. The number of fused-ring (bicyclic) bond motifs is 1. The van der Waals surface area contributed by atoms with Crippen LogP contribution in [0.25, 0.3) is 0 Å². The fourth-order valence-electron chi connectivity index (χ4n) is 3.40. The Morgan fingerprint density at radius 3 is 2.17 bits per heavy atom. The van der Waals surface area contributed by atoms with E-state index in [1.54, 1.807) is 48.5 Å². The number of imide groups is 1. The first kappa shape index (κ1) is 21.2. The standard InChI is InChI=1S/C23H23NO6/c1-14(2)11-19(24-20(25)17-9-4-5-10-18(17)21(24)26)23(28)30-13-15-7-6-8-16(12-15)22(27)29-3/h4-10,12,14,19H,11,13H2,1-3H3/t19-/m0/s1. The van der Waals surface area contributed by atoms with Gasteiger partial charge in [-0.2, -0.15) is 0 Å². The molecule has 0 aromatic heterocycles. The van der Waals surface area contributed by atoms with Crippen LogP contribution < -0.4 is 0 Å². The van der Waals surface area contributed by atoms with E-state index in [0.29, 0.717) is 11.1 Å². The highest BCUT2D eigenvalue weighted by atomic mass is 16.5. The molecular formula is C23H23NO6. The zero-order valence-electron chi connectivity index (χ0n) is 17.1. The van der Waals surface area contributed by atoms with Crippen molar-refractivity contribution in [1.82, 2.24) is 4.90 Å². The number of amides is 2. The van der Waals surface area contributed by atoms with Crippen molar-refractivity contribution < 1.29 is 28.7 Å². The van der Waals surface area contributed by atoms with E-state index >= 15 is 0 Å². The lowest BCUT2D eigenvalue weighted by atomic mass is 10.0. The molecule has 3 rings (SSSR count). The fourth-order valence-corrected chi connectivity index (χ4v) is 3.40. The topological polar surface area (TPSA) is 90.0 Å². The minimum atomic E-state index is -1.03. The second kappa shape index (κ2) is 8.90. The summed E-state index contributed by atoms with van der Waals surface area (Å²) < 4.78 is 10.1. The highest BCUT2D eigenvalue weighted by Crippen LogP contribution is 2.27. The summed E-state index contributed by atoms with van der Waals surface area (Å²) in [7, 11) is 1.29. The SMILES string of the molecule is COC(=O)c1cccc(COC(=O)[C@H](CC(C)C)N2C(=O)c3ccccc3C2=O)c1. The summed E-state index contributed by atoms with van der Waals surface area (Å²) in [5.41, 5.74) is 1.51. The average molecular weight is 409 g/mol. The Labute approximate surface area is 174 Å². The van der Waals surface area contributed by atoms with Crippen LogP contribution in [0.3, 0.4) is 0 Å². The Morgan fingerprint density at radius 1 is 0.967 bits per heavy atom. The Balaban J connectivity index is 1.78. The Bertz CT molecular complexity index is 962. The predicted octanol–water partition coefficient (Wildman–Crippen LogP) is 3.23. The van der Waals surface area contributed by atoms with Gasteiger partial charge >= 0.3 is 11.9 Å². The third-order valence-corrected chi connectivity index (χ3v) is 4.83. The molecule has 1 aliphatic rings. The van der Waals surface area contributed by atoms with Gasteiger partial charge in [0.15, 0.2) is 0 Å². The van der Waals surface area contributed by atoms with Crippen LogP contribution in [0.5, 0.6) is 0 Å². The molecule has 2 aromatic carbocycles. The number of rotatable bonds is 7. The van der Waals surface area contributed by atoms with Gasteiger partial charge in [-0.15, -0.1) is 0 Å². The highest BCUT2D eigenvalue weighted by molar-refractivity contribution is 6.22. The van der Waals surface area contributed by atoms with E-state index in [4.69, 9.17) is 9.47 Å². The minimum absolute atomic E-state index is 0.0505. The van der Waals surface area contributed by atoms with Crippen LogP contribution in [0.4, 0.5) is 0 Å². The fraction of sp³-hybridized carbons (Fsp3) is 0.304. The van der Waals surface area contributed by atoms with Crippen LogP contribution in [-0.4, -0.2) is 41.8 Å². The minimum Gasteiger partial charge on any atom is -0.465 e. The van der Waals surface area contributed by atoms with Gasteiger partial charge in [0.2, 0.25) is 0 Å². The molecule has 1 aliphatic heterocycles. The maximum atomic E-state index is 12.9. The van der Waals surface area contributed by atoms with Crippen molar-refractivity contribution in [2.24, 2.45) is 5.92 Å². The van der Waals surface area contributed by atoms with E-state index < -0.39 is 29.8 Å². The van der Waals surface area contributed by atoms with Gasteiger partial charge in [0.1, 0.15) is 12.6 Å². The summed E-state index contributed by atoms with van der Waals surface area (Å²) in [6.45, 7) is 3.71. The molecule has 0 radical (unpaired) electrons. The van der Waals surface area contributed by atoms with Gasteiger partial charge < -0.3 is 9.47 Å². The smallest absolute Gasteiger partial charge is 0.337 e. The molecule has 0 spiro atoms. The first-order valence-corrected chi connectivity index (χ1v) is 9.64. The van der Waals surface area contributed by atoms with Gasteiger partial charge in [0, 0.05) is 0 Å². The van der Waals surface area contributed by atoms with Gasteiger partial charge in [-0.05, 0) is 42.2 Å². The van der Waals surface area contributed by atoms with Crippen molar-refractivity contribution in [2.75, 3.05) is 7.11 Å². The molecular weight excluding hydrogens is 386 g/mol. The molecule has 0 unspecified atom stereocenters. The molecule has 156 valence electrons. The summed E-state index contributed by atoms with van der Waals surface area (Å²) in [5, 5.41) is 0. The van der Waals surface area contributed by atoms with E-state index in [9.17, 15) is 19.2 Å². The molecule has 7 nitrogen and oxygen atoms in total. The monoisotopic (exact) mass is 409 g/mol. The number of carbonyl (C=O) groups is 4. The maximum absolute atomic E-state index is 12.9. The second-order valence-corrected chi connectivity index (χ2v) is 7.47. The number of methoxy groups -OCH3 is 1. The van der Waals surface area contributed by atoms with Crippen molar-refractivity contribution >= 4 is 23.8 Å². The molecule has 0 saturated heterocycles. The average Bonchev–Trinajstić information content (AvgIpc) is 3.00. The molecule has 30 heavy (non-hydrogen) atoms. The molecule has 1 atom stereocenters. The molecule has 0 aliphatic carbocycles. The van der Waals surface area contributed by atoms with Crippen LogP contribution in [-0.2, 0) is 20.9 Å². The van der Waals surface area contributed by atoms with Crippen molar-refractivity contribution in [3.8, 4) is 0 Å². The Kier molecular flexibility index (Phi) is 6.30. The summed E-state index contributed by atoms with van der Waals surface area (Å²) in [6.07, 6.45) is 0.284. The van der Waals surface area contributed by atoms with Crippen molar-refractivity contribution in [3.05, 3.63) is 70.8 Å². The van der Waals surface area contributed by atoms with Gasteiger partial charge in [-0.3, -0.25) is 14.5 Å². The second-order valence-electron chi connectivity index (χ2n) is 7.47. The van der Waals surface area contributed by atoms with Crippen LogP contribution in [0.2, 0.25) is 0 Å². The van der Waals surface area contributed by atoms with Crippen molar-refractivity contribution in [1.29, 1.82) is 0 Å². The molecule has 7 heteroatoms. The Morgan fingerprint density at radius 2 is 1.60 bits per heavy atom. The first-order valence-electron chi connectivity index (χ1n) is 9.64. The van der Waals surface area contributed by atoms with Gasteiger partial charge in [-0.1, -0.05) is 38.1 Å². The summed E-state index contributed by atoms with van der Waals surface area (Å²) in [6, 6.07) is 12.0. The number of ether oxygens (including phenoxy) is 2. The normalized spacial score (nSPS) is 13.9. The van der Waals surface area contributed by atoms with Crippen LogP contribution in [0, 0.1) is 5.92 Å². The van der Waals surface area contributed by atoms with E-state index in [-0.39, 0.29) is 30.1 Å². The molecule has 0 N–H and O–H groups in total. The van der Waals surface area contributed by atoms with Crippen molar-refractivity contribution in [2.45, 2.75) is 32.9 Å². The van der Waals surface area contributed by atoms with Crippen LogP contribution in [0.15, 0.2) is 48.5 Å². The third-order valence-electron chi connectivity index (χ3n) is 4.83. The maximum Gasteiger partial charge on any atom is 0.337 e. The largest absolute Gasteiger partial charge is 0.465 e. The van der Waals surface area contributed by atoms with Gasteiger partial charge in [0.25, 0.3) is 11.8 Å². The molecule has 2 aromatic rings. The molecule has 0 bridgehead atoms. The quantitative estimate of drug-likeness (QED) is 0.515. The lowest BCUT2D eigenvalue weighted by Crippen LogP contribution is -2.46. The number of esters is 2. The van der Waals surface area contributed by atoms with Crippen LogP contribution >= 0.6 is 0 Å². The lowest BCUT2D eigenvalue weighted by molar-refractivity contribution is -0.150. The number of hydrogen-bond donors (Lipinski definition) is 0. The lowest BCUT2D eigenvalue weighted by Gasteiger charge is -2.26. The van der Waals surface area contributed by atoms with E-state index in [1.807, 2.05) is 13.8 Å².